The zero-order valence-electron chi connectivity index (χ0n) is 14.3. The van der Waals surface area contributed by atoms with Gasteiger partial charge in [0.15, 0.2) is 0 Å². The van der Waals surface area contributed by atoms with Gasteiger partial charge in [0.1, 0.15) is 17.3 Å². The molecule has 136 valence electrons. The minimum absolute atomic E-state index is 0.265. The van der Waals surface area contributed by atoms with Crippen LogP contribution in [0.2, 0.25) is 0 Å². The molecular weight excluding hydrogens is 341 g/mol. The second kappa shape index (κ2) is 9.16. The zero-order valence-corrected chi connectivity index (χ0v) is 14.3. The molecule has 8 heteroatoms. The molecule has 0 heterocycles. The molecule has 0 saturated heterocycles. The van der Waals surface area contributed by atoms with Crippen molar-refractivity contribution >= 4 is 18.0 Å². The van der Waals surface area contributed by atoms with Gasteiger partial charge in [-0.15, -0.1) is 0 Å². The van der Waals surface area contributed by atoms with Gasteiger partial charge in [-0.25, -0.2) is 9.82 Å². The number of hydrazone groups is 1. The van der Waals surface area contributed by atoms with Gasteiger partial charge in [-0.2, -0.15) is 5.10 Å². The van der Waals surface area contributed by atoms with E-state index in [0.717, 1.165) is 0 Å². The first-order chi connectivity index (χ1) is 12.5. The van der Waals surface area contributed by atoms with Crippen molar-refractivity contribution in [2.75, 3.05) is 20.8 Å². The number of halogens is 1. The fourth-order valence-electron chi connectivity index (χ4n) is 1.97. The highest BCUT2D eigenvalue weighted by Gasteiger charge is 2.11. The lowest BCUT2D eigenvalue weighted by Gasteiger charge is -2.08. The molecule has 0 atom stereocenters. The van der Waals surface area contributed by atoms with Crippen molar-refractivity contribution in [1.82, 2.24) is 10.7 Å². The molecule has 0 radical (unpaired) electrons. The maximum Gasteiger partial charge on any atom is 0.259 e. The Balaban J connectivity index is 1.86. The van der Waals surface area contributed by atoms with Crippen molar-refractivity contribution in [2.45, 2.75) is 0 Å². The number of hydrogen-bond donors (Lipinski definition) is 2. The van der Waals surface area contributed by atoms with E-state index < -0.39 is 11.8 Å². The summed E-state index contributed by atoms with van der Waals surface area (Å²) in [4.78, 5) is 23.9. The second-order valence-corrected chi connectivity index (χ2v) is 5.13. The highest BCUT2D eigenvalue weighted by Crippen LogP contribution is 2.22. The summed E-state index contributed by atoms with van der Waals surface area (Å²) in [6.45, 7) is -0.265. The lowest BCUT2D eigenvalue weighted by atomic mass is 10.2. The Kier molecular flexibility index (Phi) is 6.67. The number of amides is 2. The summed E-state index contributed by atoms with van der Waals surface area (Å²) in [5, 5.41) is 6.21. The quantitative estimate of drug-likeness (QED) is 0.582. The maximum atomic E-state index is 12.8. The predicted molar refractivity (Wildman–Crippen MR) is 94.0 cm³/mol. The van der Waals surface area contributed by atoms with Gasteiger partial charge in [0.05, 0.1) is 27.0 Å². The highest BCUT2D eigenvalue weighted by atomic mass is 19.1. The van der Waals surface area contributed by atoms with Gasteiger partial charge < -0.3 is 14.8 Å². The molecule has 0 spiro atoms. The van der Waals surface area contributed by atoms with Gasteiger partial charge in [-0.05, 0) is 29.8 Å². The maximum absolute atomic E-state index is 12.8. The average molecular weight is 359 g/mol. The number of ether oxygens (including phenoxy) is 2. The van der Waals surface area contributed by atoms with Crippen LogP contribution in [0.3, 0.4) is 0 Å². The van der Waals surface area contributed by atoms with Crippen molar-refractivity contribution in [3.63, 3.8) is 0 Å². The van der Waals surface area contributed by atoms with Gasteiger partial charge in [0, 0.05) is 11.6 Å². The van der Waals surface area contributed by atoms with E-state index in [2.05, 4.69) is 15.8 Å². The number of benzene rings is 2. The topological polar surface area (TPSA) is 89.0 Å². The number of methoxy groups -OCH3 is 2. The number of nitrogens with zero attached hydrogens (tertiary/aromatic N) is 1. The van der Waals surface area contributed by atoms with Crippen LogP contribution in [0.4, 0.5) is 4.39 Å². The lowest BCUT2D eigenvalue weighted by molar-refractivity contribution is -0.120. The largest absolute Gasteiger partial charge is 0.497 e. The highest BCUT2D eigenvalue weighted by molar-refractivity contribution is 5.97. The van der Waals surface area contributed by atoms with Gasteiger partial charge in [-0.3, -0.25) is 9.59 Å². The molecule has 2 amide bonds. The molecule has 0 aromatic heterocycles. The Morgan fingerprint density at radius 1 is 1.08 bits per heavy atom. The van der Waals surface area contributed by atoms with E-state index in [4.69, 9.17) is 9.47 Å². The van der Waals surface area contributed by atoms with E-state index in [9.17, 15) is 14.0 Å². The Labute approximate surface area is 149 Å². The van der Waals surface area contributed by atoms with E-state index in [1.165, 1.54) is 56.8 Å². The average Bonchev–Trinajstić information content (AvgIpc) is 2.67. The standard InChI is InChI=1S/C18H18FN3O4/c1-25-15-7-13(8-16(9-15)26-2)18(24)20-11-17(23)22-21-10-12-3-5-14(19)6-4-12/h3-10H,11H2,1-2H3,(H,20,24)(H,22,23)/b21-10+. The molecule has 0 unspecified atom stereocenters. The third-order valence-corrected chi connectivity index (χ3v) is 3.30. The van der Waals surface area contributed by atoms with Crippen LogP contribution < -0.4 is 20.2 Å². The third kappa shape index (κ3) is 5.59. The number of rotatable bonds is 7. The molecule has 0 fully saturated rings. The molecule has 0 aliphatic carbocycles. The molecule has 0 bridgehead atoms. The van der Waals surface area contributed by atoms with Crippen LogP contribution in [0.1, 0.15) is 15.9 Å². The first-order valence-corrected chi connectivity index (χ1v) is 7.60. The van der Waals surface area contributed by atoms with E-state index >= 15 is 0 Å². The van der Waals surface area contributed by atoms with E-state index in [1.807, 2.05) is 0 Å². The third-order valence-electron chi connectivity index (χ3n) is 3.30. The van der Waals surface area contributed by atoms with Gasteiger partial charge in [0.2, 0.25) is 0 Å². The summed E-state index contributed by atoms with van der Waals surface area (Å²) in [6.07, 6.45) is 1.37. The molecule has 0 aliphatic heterocycles. The first kappa shape index (κ1) is 18.9. The number of carbonyl (C=O) groups is 2. The van der Waals surface area contributed by atoms with Gasteiger partial charge in [-0.1, -0.05) is 12.1 Å². The molecule has 26 heavy (non-hydrogen) atoms. The van der Waals surface area contributed by atoms with Gasteiger partial charge in [0.25, 0.3) is 11.8 Å². The van der Waals surface area contributed by atoms with Crippen LogP contribution in [0.15, 0.2) is 47.6 Å². The van der Waals surface area contributed by atoms with E-state index in [0.29, 0.717) is 22.6 Å². The van der Waals surface area contributed by atoms with Crippen molar-refractivity contribution < 1.29 is 23.5 Å². The lowest BCUT2D eigenvalue weighted by Crippen LogP contribution is -2.34. The molecule has 2 N–H and O–H groups in total. The van der Waals surface area contributed by atoms with Gasteiger partial charge >= 0.3 is 0 Å². The Hall–Kier alpha value is -3.42. The minimum Gasteiger partial charge on any atom is -0.497 e. The van der Waals surface area contributed by atoms with Crippen LogP contribution in [-0.2, 0) is 4.79 Å². The first-order valence-electron chi connectivity index (χ1n) is 7.60. The van der Waals surface area contributed by atoms with Crippen molar-refractivity contribution in [1.29, 1.82) is 0 Å². The van der Waals surface area contributed by atoms with Crippen LogP contribution in [0, 0.1) is 5.82 Å². The zero-order chi connectivity index (χ0) is 18.9. The summed E-state index contributed by atoms with van der Waals surface area (Å²) in [5.74, 6) is -0.403. The molecule has 0 aliphatic rings. The summed E-state index contributed by atoms with van der Waals surface area (Å²) in [7, 11) is 2.95. The van der Waals surface area contributed by atoms with E-state index in [1.54, 1.807) is 6.07 Å². The Morgan fingerprint density at radius 2 is 1.69 bits per heavy atom. The summed E-state index contributed by atoms with van der Waals surface area (Å²) in [5.41, 5.74) is 3.19. The van der Waals surface area contributed by atoms with Crippen molar-refractivity contribution in [3.05, 3.63) is 59.4 Å². The predicted octanol–water partition coefficient (Wildman–Crippen LogP) is 1.72. The Morgan fingerprint density at radius 3 is 2.27 bits per heavy atom. The monoisotopic (exact) mass is 359 g/mol. The van der Waals surface area contributed by atoms with Crippen LogP contribution in [0.5, 0.6) is 11.5 Å². The second-order valence-electron chi connectivity index (χ2n) is 5.13. The fourth-order valence-corrected chi connectivity index (χ4v) is 1.97. The number of carbonyl (C=O) groups excluding carboxylic acids is 2. The smallest absolute Gasteiger partial charge is 0.259 e. The summed E-state index contributed by atoms with van der Waals surface area (Å²) >= 11 is 0. The normalized spacial score (nSPS) is 10.4. The number of hydrogen-bond acceptors (Lipinski definition) is 5. The minimum atomic E-state index is -0.508. The van der Waals surface area contributed by atoms with E-state index in [-0.39, 0.29) is 12.4 Å². The van der Waals surface area contributed by atoms with Crippen LogP contribution in [0.25, 0.3) is 0 Å². The molecule has 2 aromatic rings. The fraction of sp³-hybridized carbons (Fsp3) is 0.167. The van der Waals surface area contributed by atoms with Crippen LogP contribution in [-0.4, -0.2) is 38.8 Å². The summed E-state index contributed by atoms with van der Waals surface area (Å²) in [6, 6.07) is 10.3. The molecule has 7 nitrogen and oxygen atoms in total. The molecule has 0 saturated carbocycles. The molecule has 2 aromatic carbocycles. The molecule has 2 rings (SSSR count). The van der Waals surface area contributed by atoms with Crippen molar-refractivity contribution in [3.8, 4) is 11.5 Å². The van der Waals surface area contributed by atoms with Crippen molar-refractivity contribution in [2.24, 2.45) is 5.10 Å². The SMILES string of the molecule is COc1cc(OC)cc(C(=O)NCC(=O)N/N=C/c2ccc(F)cc2)c1. The number of nitrogens with one attached hydrogen (secondary N) is 2. The summed E-state index contributed by atoms with van der Waals surface area (Å²) < 4.78 is 23.0. The molecular formula is C18H18FN3O4. The Bertz CT molecular complexity index is 784. The van der Waals surface area contributed by atoms with Crippen LogP contribution >= 0.6 is 0 Å².